The number of hydrogen-bond acceptors (Lipinski definition) is 4. The number of nitrogens with zero attached hydrogens (tertiary/aromatic N) is 1. The van der Waals surface area contributed by atoms with Gasteiger partial charge >= 0.3 is 0 Å². The molecule has 4 atom stereocenters. The molecule has 0 spiro atoms. The number of fused-ring (bicyclic) bond motifs is 5. The molecule has 0 aromatic rings. The summed E-state index contributed by atoms with van der Waals surface area (Å²) in [5, 5.41) is 10.4. The monoisotopic (exact) mass is 200 g/mol. The molecule has 3 heterocycles. The Kier molecular flexibility index (Phi) is 1.13. The first-order valence-corrected chi connectivity index (χ1v) is 5.44. The molecule has 0 saturated carbocycles. The van der Waals surface area contributed by atoms with Gasteiger partial charge in [-0.15, -0.1) is 0 Å². The van der Waals surface area contributed by atoms with Crippen LogP contribution in [0.4, 0.5) is 0 Å². The van der Waals surface area contributed by atoms with Crippen LogP contribution in [0.2, 0.25) is 0 Å². The second kappa shape index (κ2) is 1.96. The first kappa shape index (κ1) is 7.52. The summed E-state index contributed by atoms with van der Waals surface area (Å²) in [6.07, 6.45) is 2.59. The van der Waals surface area contributed by atoms with Crippen molar-refractivity contribution < 1.29 is 18.3 Å². The summed E-state index contributed by atoms with van der Waals surface area (Å²) in [7, 11) is -3.60. The van der Waals surface area contributed by atoms with Crippen molar-refractivity contribution in [2.24, 2.45) is 10.3 Å². The minimum Gasteiger partial charge on any atom is -0.861 e. The van der Waals surface area contributed by atoms with Gasteiger partial charge in [0.2, 0.25) is 0 Å². The van der Waals surface area contributed by atoms with Crippen LogP contribution in [0.5, 0.6) is 0 Å². The zero-order valence-electron chi connectivity index (χ0n) is 6.45. The molecular weight excluding hydrogens is 194 g/mol. The molecule has 2 bridgehead atoms. The molecule has 70 valence electrons. The standard InChI is InChI=1S/C7H7NO4S/c9-7-5-3-1-2-4(12-3)6(5)13(10,11)8-7/h1-6H,(H,8,9)/p-1. The molecule has 4 unspecified atom stereocenters. The number of sulfonamides is 1. The summed E-state index contributed by atoms with van der Waals surface area (Å²) in [6, 6.07) is 0. The quantitative estimate of drug-likeness (QED) is 0.442. The van der Waals surface area contributed by atoms with Crippen molar-refractivity contribution in [1.82, 2.24) is 0 Å². The van der Waals surface area contributed by atoms with E-state index in [1.54, 1.807) is 12.2 Å². The summed E-state index contributed by atoms with van der Waals surface area (Å²) in [5.41, 5.74) is 0. The fraction of sp³-hybridized carbons (Fsp3) is 0.571. The molecule has 0 aliphatic carbocycles. The largest absolute Gasteiger partial charge is 0.861 e. The highest BCUT2D eigenvalue weighted by molar-refractivity contribution is 7.91. The molecule has 1 saturated heterocycles. The molecule has 0 amide bonds. The van der Waals surface area contributed by atoms with Crippen LogP contribution in [0.15, 0.2) is 16.5 Å². The zero-order chi connectivity index (χ0) is 9.22. The molecule has 3 aliphatic rings. The number of hydrogen-bond donors (Lipinski definition) is 0. The Balaban J connectivity index is 2.18. The Bertz CT molecular complexity index is 424. The number of rotatable bonds is 0. The van der Waals surface area contributed by atoms with Gasteiger partial charge in [-0.3, -0.25) is 0 Å². The van der Waals surface area contributed by atoms with Crippen LogP contribution in [-0.4, -0.2) is 31.8 Å². The second-order valence-corrected chi connectivity index (χ2v) is 5.14. The Labute approximate surface area is 74.8 Å². The lowest BCUT2D eigenvalue weighted by atomic mass is 9.94. The van der Waals surface area contributed by atoms with E-state index >= 15 is 0 Å². The predicted molar refractivity (Wildman–Crippen MR) is 41.4 cm³/mol. The smallest absolute Gasteiger partial charge is 0.258 e. The summed E-state index contributed by atoms with van der Waals surface area (Å²) in [6.45, 7) is 0. The van der Waals surface area contributed by atoms with E-state index in [1.807, 2.05) is 0 Å². The normalized spacial score (nSPS) is 49.4. The average Bonchev–Trinajstić information content (AvgIpc) is 2.63. The highest BCUT2D eigenvalue weighted by Gasteiger charge is 2.55. The summed E-state index contributed by atoms with van der Waals surface area (Å²) in [4.78, 5) is 0. The lowest BCUT2D eigenvalue weighted by molar-refractivity contribution is -0.223. The molecular formula is C7H6NO4S-. The Hall–Kier alpha value is -0.880. The van der Waals surface area contributed by atoms with E-state index in [0.29, 0.717) is 0 Å². The fourth-order valence-corrected chi connectivity index (χ4v) is 3.79. The fourth-order valence-electron chi connectivity index (χ4n) is 2.16. The van der Waals surface area contributed by atoms with E-state index in [2.05, 4.69) is 4.40 Å². The van der Waals surface area contributed by atoms with Crippen LogP contribution < -0.4 is 5.11 Å². The van der Waals surface area contributed by atoms with Gasteiger partial charge < -0.3 is 9.84 Å². The highest BCUT2D eigenvalue weighted by Crippen LogP contribution is 2.42. The average molecular weight is 200 g/mol. The van der Waals surface area contributed by atoms with Crippen molar-refractivity contribution in [3.8, 4) is 0 Å². The lowest BCUT2D eigenvalue weighted by Crippen LogP contribution is -2.38. The second-order valence-electron chi connectivity index (χ2n) is 3.39. The van der Waals surface area contributed by atoms with Gasteiger partial charge in [0.15, 0.2) is 0 Å². The summed E-state index contributed by atoms with van der Waals surface area (Å²) in [5.74, 6) is -1.14. The van der Waals surface area contributed by atoms with Crippen molar-refractivity contribution in [1.29, 1.82) is 0 Å². The molecule has 3 aliphatic heterocycles. The van der Waals surface area contributed by atoms with Crippen LogP contribution in [0.1, 0.15) is 0 Å². The Morgan fingerprint density at radius 3 is 2.77 bits per heavy atom. The van der Waals surface area contributed by atoms with Crippen molar-refractivity contribution in [2.45, 2.75) is 17.5 Å². The maximum absolute atomic E-state index is 11.3. The third-order valence-corrected chi connectivity index (χ3v) is 4.37. The maximum Gasteiger partial charge on any atom is 0.258 e. The molecule has 6 heteroatoms. The summed E-state index contributed by atoms with van der Waals surface area (Å²) >= 11 is 0. The van der Waals surface area contributed by atoms with E-state index in [4.69, 9.17) is 4.74 Å². The van der Waals surface area contributed by atoms with Crippen molar-refractivity contribution >= 4 is 15.9 Å². The van der Waals surface area contributed by atoms with Gasteiger partial charge in [0.25, 0.3) is 10.0 Å². The van der Waals surface area contributed by atoms with Crippen LogP contribution >= 0.6 is 0 Å². The van der Waals surface area contributed by atoms with E-state index in [0.717, 1.165) is 0 Å². The minimum absolute atomic E-state index is 0.372. The van der Waals surface area contributed by atoms with Crippen molar-refractivity contribution in [2.75, 3.05) is 0 Å². The Morgan fingerprint density at radius 2 is 2.08 bits per heavy atom. The van der Waals surface area contributed by atoms with Crippen LogP contribution in [0.25, 0.3) is 0 Å². The SMILES string of the molecule is O=S1(=O)N=C([O-])C2C3C=CC(O3)C21. The van der Waals surface area contributed by atoms with Gasteiger partial charge in [-0.25, -0.2) is 8.42 Å². The minimum atomic E-state index is -3.60. The first-order chi connectivity index (χ1) is 6.09. The van der Waals surface area contributed by atoms with Gasteiger partial charge in [0, 0.05) is 5.92 Å². The van der Waals surface area contributed by atoms with E-state index in [9.17, 15) is 13.5 Å². The van der Waals surface area contributed by atoms with Gasteiger partial charge in [-0.1, -0.05) is 12.2 Å². The van der Waals surface area contributed by atoms with Gasteiger partial charge in [0.05, 0.1) is 12.2 Å². The predicted octanol–water partition coefficient (Wildman–Crippen LogP) is -1.59. The molecule has 0 N–H and O–H groups in total. The third kappa shape index (κ3) is 0.750. The first-order valence-electron chi connectivity index (χ1n) is 3.94. The highest BCUT2D eigenvalue weighted by atomic mass is 32.2. The van der Waals surface area contributed by atoms with Crippen molar-refractivity contribution in [3.05, 3.63) is 12.2 Å². The zero-order valence-corrected chi connectivity index (χ0v) is 7.27. The topological polar surface area (TPSA) is 78.8 Å². The molecule has 13 heavy (non-hydrogen) atoms. The van der Waals surface area contributed by atoms with E-state index in [-0.39, 0.29) is 6.10 Å². The maximum atomic E-state index is 11.3. The van der Waals surface area contributed by atoms with E-state index in [1.165, 1.54) is 0 Å². The molecule has 0 aromatic heterocycles. The lowest BCUT2D eigenvalue weighted by Gasteiger charge is -2.18. The van der Waals surface area contributed by atoms with E-state index < -0.39 is 33.2 Å². The van der Waals surface area contributed by atoms with Gasteiger partial charge in [-0.05, 0) is 5.90 Å². The van der Waals surface area contributed by atoms with Crippen molar-refractivity contribution in [3.63, 3.8) is 0 Å². The third-order valence-electron chi connectivity index (χ3n) is 2.68. The van der Waals surface area contributed by atoms with Crippen LogP contribution in [0.3, 0.4) is 0 Å². The molecule has 3 rings (SSSR count). The van der Waals surface area contributed by atoms with Gasteiger partial charge in [0.1, 0.15) is 5.25 Å². The Morgan fingerprint density at radius 1 is 1.38 bits per heavy atom. The molecule has 0 radical (unpaired) electrons. The number of ether oxygens (including phenoxy) is 1. The summed E-state index contributed by atoms with van der Waals surface area (Å²) < 4.78 is 31.1. The molecule has 1 fully saturated rings. The molecule has 5 nitrogen and oxygen atoms in total. The van der Waals surface area contributed by atoms with Gasteiger partial charge in [-0.2, -0.15) is 4.40 Å². The molecule has 0 aromatic carbocycles. The van der Waals surface area contributed by atoms with Crippen LogP contribution in [0, 0.1) is 5.92 Å². The van der Waals surface area contributed by atoms with Crippen LogP contribution in [-0.2, 0) is 14.8 Å².